The summed E-state index contributed by atoms with van der Waals surface area (Å²) in [6.07, 6.45) is 0. The van der Waals surface area contributed by atoms with E-state index >= 15 is 0 Å². The third-order valence-electron chi connectivity index (χ3n) is 10.2. The van der Waals surface area contributed by atoms with Crippen LogP contribution >= 0.6 is 0 Å². The Kier molecular flexibility index (Phi) is 5.11. The molecule has 0 radical (unpaired) electrons. The van der Waals surface area contributed by atoms with E-state index in [9.17, 15) is 0 Å². The largest absolute Gasteiger partial charge is 0.309 e. The van der Waals surface area contributed by atoms with Crippen molar-refractivity contribution < 1.29 is 0 Å². The van der Waals surface area contributed by atoms with Crippen molar-refractivity contribution >= 4 is 54.4 Å². The van der Waals surface area contributed by atoms with Crippen molar-refractivity contribution in [3.05, 3.63) is 164 Å². The SMILES string of the molecule is c1cc(-c2cc3cccc4c3c(n2)-c2ccccc2-4)cc(-n2c3ccccc3c3cc(-n4c5ccccc5c5ccccc54)ccc32)c1. The maximum absolute atomic E-state index is 5.31. The summed E-state index contributed by atoms with van der Waals surface area (Å²) in [4.78, 5) is 5.31. The highest BCUT2D eigenvalue weighted by atomic mass is 15.0. The van der Waals surface area contributed by atoms with Gasteiger partial charge in [0.05, 0.1) is 33.5 Å². The first-order valence-electron chi connectivity index (χ1n) is 16.5. The Balaban J connectivity index is 1.11. The molecular weight excluding hydrogens is 583 g/mol. The predicted octanol–water partition coefficient (Wildman–Crippen LogP) is 11.7. The lowest BCUT2D eigenvalue weighted by Gasteiger charge is -2.12. The van der Waals surface area contributed by atoms with Gasteiger partial charge in [-0.25, -0.2) is 4.98 Å². The molecule has 11 rings (SSSR count). The smallest absolute Gasteiger partial charge is 0.0800 e. The van der Waals surface area contributed by atoms with Crippen LogP contribution in [0.25, 0.3) is 99.4 Å². The Morgan fingerprint density at radius 2 is 0.938 bits per heavy atom. The van der Waals surface area contributed by atoms with Crippen LogP contribution in [-0.4, -0.2) is 14.1 Å². The molecule has 0 N–H and O–H groups in total. The molecular formula is C45H27N3. The number of nitrogens with zero attached hydrogens (tertiary/aromatic N) is 3. The molecule has 0 saturated heterocycles. The van der Waals surface area contributed by atoms with Crippen LogP contribution in [0.3, 0.4) is 0 Å². The molecule has 0 fully saturated rings. The van der Waals surface area contributed by atoms with Gasteiger partial charge in [0.25, 0.3) is 0 Å². The minimum absolute atomic E-state index is 0.989. The fraction of sp³-hybridized carbons (Fsp3) is 0. The molecule has 7 aromatic carbocycles. The second kappa shape index (κ2) is 9.54. The minimum atomic E-state index is 0.989. The Hall–Kier alpha value is -6.45. The van der Waals surface area contributed by atoms with Crippen LogP contribution in [0.4, 0.5) is 0 Å². The number of hydrogen-bond acceptors (Lipinski definition) is 1. The van der Waals surface area contributed by atoms with Gasteiger partial charge in [-0.3, -0.25) is 0 Å². The number of benzene rings is 7. The van der Waals surface area contributed by atoms with Gasteiger partial charge in [0, 0.05) is 49.4 Å². The molecule has 0 bridgehead atoms. The van der Waals surface area contributed by atoms with Gasteiger partial charge in [-0.05, 0) is 71.1 Å². The van der Waals surface area contributed by atoms with E-state index in [1.54, 1.807) is 0 Å². The van der Waals surface area contributed by atoms with Crippen molar-refractivity contribution in [1.82, 2.24) is 14.1 Å². The quantitative estimate of drug-likeness (QED) is 0.195. The van der Waals surface area contributed by atoms with Crippen LogP contribution in [0.1, 0.15) is 0 Å². The molecule has 10 aromatic rings. The molecule has 0 amide bonds. The first kappa shape index (κ1) is 25.7. The first-order chi connectivity index (χ1) is 23.8. The maximum Gasteiger partial charge on any atom is 0.0800 e. The summed E-state index contributed by atoms with van der Waals surface area (Å²) in [5.74, 6) is 0. The summed E-state index contributed by atoms with van der Waals surface area (Å²) < 4.78 is 4.80. The number of hydrogen-bond donors (Lipinski definition) is 0. The van der Waals surface area contributed by atoms with E-state index in [2.05, 4.69) is 173 Å². The number of aromatic nitrogens is 3. The zero-order valence-electron chi connectivity index (χ0n) is 25.9. The third-order valence-corrected chi connectivity index (χ3v) is 10.2. The molecule has 48 heavy (non-hydrogen) atoms. The number of fused-ring (bicyclic) bond motifs is 9. The first-order valence-corrected chi connectivity index (χ1v) is 16.5. The van der Waals surface area contributed by atoms with Crippen molar-refractivity contribution in [3.8, 4) is 45.0 Å². The molecule has 3 nitrogen and oxygen atoms in total. The van der Waals surface area contributed by atoms with Crippen LogP contribution in [0.2, 0.25) is 0 Å². The highest BCUT2D eigenvalue weighted by Crippen LogP contribution is 2.47. The Bertz CT molecular complexity index is 2900. The standard InChI is InChI=1S/C45H27N3/c1-2-18-37-32(14-1)36-19-10-12-29-26-39(46-45(37)44(29)36)28-11-9-13-30(25-28)47-42-22-8-5-17-35(42)38-27-31(23-24-43(38)47)48-40-20-6-3-15-33(40)34-16-4-7-21-41(34)48/h1-27H. The average Bonchev–Trinajstić information content (AvgIpc) is 3.78. The normalized spacial score (nSPS) is 12.2. The molecule has 0 spiro atoms. The van der Waals surface area contributed by atoms with E-state index in [-0.39, 0.29) is 0 Å². The summed E-state index contributed by atoms with van der Waals surface area (Å²) in [6, 6.07) is 59.4. The van der Waals surface area contributed by atoms with Gasteiger partial charge in [0.2, 0.25) is 0 Å². The van der Waals surface area contributed by atoms with E-state index in [0.29, 0.717) is 0 Å². The fourth-order valence-corrected chi connectivity index (χ4v) is 8.19. The predicted molar refractivity (Wildman–Crippen MR) is 200 cm³/mol. The summed E-state index contributed by atoms with van der Waals surface area (Å²) >= 11 is 0. The Morgan fingerprint density at radius 1 is 0.375 bits per heavy atom. The molecule has 3 heteroatoms. The van der Waals surface area contributed by atoms with Crippen molar-refractivity contribution in [2.75, 3.05) is 0 Å². The lowest BCUT2D eigenvalue weighted by atomic mass is 10.0. The monoisotopic (exact) mass is 609 g/mol. The van der Waals surface area contributed by atoms with E-state index < -0.39 is 0 Å². The van der Waals surface area contributed by atoms with E-state index in [4.69, 9.17) is 4.98 Å². The van der Waals surface area contributed by atoms with Gasteiger partial charge >= 0.3 is 0 Å². The highest BCUT2D eigenvalue weighted by Gasteiger charge is 2.23. The third kappa shape index (κ3) is 3.45. The van der Waals surface area contributed by atoms with Crippen LogP contribution in [0, 0.1) is 0 Å². The van der Waals surface area contributed by atoms with Crippen molar-refractivity contribution in [2.24, 2.45) is 0 Å². The molecule has 0 atom stereocenters. The molecule has 3 aromatic heterocycles. The van der Waals surface area contributed by atoms with Crippen LogP contribution < -0.4 is 0 Å². The van der Waals surface area contributed by atoms with Gasteiger partial charge in [-0.15, -0.1) is 0 Å². The second-order valence-corrected chi connectivity index (χ2v) is 12.8. The Morgan fingerprint density at radius 3 is 1.67 bits per heavy atom. The van der Waals surface area contributed by atoms with Gasteiger partial charge in [0.1, 0.15) is 0 Å². The van der Waals surface area contributed by atoms with E-state index in [1.807, 2.05) is 0 Å². The molecule has 1 aliphatic rings. The lowest BCUT2D eigenvalue weighted by molar-refractivity contribution is 1.16. The van der Waals surface area contributed by atoms with E-state index in [0.717, 1.165) is 28.3 Å². The van der Waals surface area contributed by atoms with E-state index in [1.165, 1.54) is 71.1 Å². The molecule has 3 heterocycles. The van der Waals surface area contributed by atoms with Gasteiger partial charge in [0.15, 0.2) is 0 Å². The zero-order valence-corrected chi connectivity index (χ0v) is 25.9. The zero-order chi connectivity index (χ0) is 31.3. The topological polar surface area (TPSA) is 22.8 Å². The molecule has 1 aliphatic carbocycles. The average molecular weight is 610 g/mol. The summed E-state index contributed by atoms with van der Waals surface area (Å²) in [5, 5.41) is 7.49. The number of rotatable bonds is 3. The van der Waals surface area contributed by atoms with Crippen molar-refractivity contribution in [1.29, 1.82) is 0 Å². The minimum Gasteiger partial charge on any atom is -0.309 e. The van der Waals surface area contributed by atoms with Crippen LogP contribution in [0.5, 0.6) is 0 Å². The molecule has 222 valence electrons. The molecule has 0 aliphatic heterocycles. The van der Waals surface area contributed by atoms with Gasteiger partial charge < -0.3 is 9.13 Å². The molecule has 0 saturated carbocycles. The second-order valence-electron chi connectivity index (χ2n) is 12.8. The van der Waals surface area contributed by atoms with Crippen LogP contribution in [0.15, 0.2) is 164 Å². The summed E-state index contributed by atoms with van der Waals surface area (Å²) in [5.41, 5.74) is 14.0. The van der Waals surface area contributed by atoms with Crippen molar-refractivity contribution in [3.63, 3.8) is 0 Å². The van der Waals surface area contributed by atoms with Gasteiger partial charge in [-0.2, -0.15) is 0 Å². The number of pyridine rings is 1. The molecule has 0 unspecified atom stereocenters. The van der Waals surface area contributed by atoms with Crippen LogP contribution in [-0.2, 0) is 0 Å². The van der Waals surface area contributed by atoms with Gasteiger partial charge in [-0.1, -0.05) is 109 Å². The number of para-hydroxylation sites is 3. The fourth-order valence-electron chi connectivity index (χ4n) is 8.19. The van der Waals surface area contributed by atoms with Crippen molar-refractivity contribution in [2.45, 2.75) is 0 Å². The maximum atomic E-state index is 5.31. The summed E-state index contributed by atoms with van der Waals surface area (Å²) in [7, 11) is 0. The highest BCUT2D eigenvalue weighted by molar-refractivity contribution is 6.15. The summed E-state index contributed by atoms with van der Waals surface area (Å²) in [6.45, 7) is 0. The lowest BCUT2D eigenvalue weighted by Crippen LogP contribution is -1.96. The Labute approximate surface area is 276 Å².